The predicted octanol–water partition coefficient (Wildman–Crippen LogP) is 3.20. The van der Waals surface area contributed by atoms with E-state index in [0.29, 0.717) is 6.54 Å². The van der Waals surface area contributed by atoms with E-state index >= 15 is 0 Å². The van der Waals surface area contributed by atoms with E-state index < -0.39 is 5.92 Å². The molecule has 0 aliphatic rings. The Hall–Kier alpha value is -1.24. The Morgan fingerprint density at radius 2 is 2.05 bits per heavy atom. The molecule has 0 saturated carbocycles. The molecule has 1 aromatic heterocycles. The normalized spacial score (nSPS) is 11.8. The standard InChI is InChI=1S/C14H13BrN2OS2/c15-10-6-7-20-11(10)8-17-14(18)12(13(16)19)9-4-2-1-3-5-9/h1-7,12H,8H2,(H2,16,19)(H,17,18). The maximum absolute atomic E-state index is 12.3. The fourth-order valence-corrected chi connectivity index (χ4v) is 3.49. The summed E-state index contributed by atoms with van der Waals surface area (Å²) in [7, 11) is 0. The molecule has 0 radical (unpaired) electrons. The number of carbonyl (C=O) groups is 1. The number of halogens is 1. The average molecular weight is 369 g/mol. The zero-order valence-electron chi connectivity index (χ0n) is 10.5. The van der Waals surface area contributed by atoms with Crippen LogP contribution in [0.4, 0.5) is 0 Å². The topological polar surface area (TPSA) is 55.1 Å². The average Bonchev–Trinajstić information content (AvgIpc) is 2.83. The highest BCUT2D eigenvalue weighted by atomic mass is 79.9. The molecule has 3 N–H and O–H groups in total. The molecule has 2 aromatic rings. The van der Waals surface area contributed by atoms with E-state index in [9.17, 15) is 4.79 Å². The highest BCUT2D eigenvalue weighted by molar-refractivity contribution is 9.10. The van der Waals surface area contributed by atoms with Gasteiger partial charge in [0.05, 0.1) is 11.5 Å². The Kier molecular flexibility index (Phi) is 5.28. The molecule has 0 aliphatic carbocycles. The van der Waals surface area contributed by atoms with Gasteiger partial charge in [0.15, 0.2) is 0 Å². The minimum Gasteiger partial charge on any atom is -0.392 e. The van der Waals surface area contributed by atoms with Gasteiger partial charge in [-0.3, -0.25) is 4.79 Å². The number of thiophene rings is 1. The molecule has 1 amide bonds. The van der Waals surface area contributed by atoms with Gasteiger partial charge in [-0.2, -0.15) is 0 Å². The third-order valence-electron chi connectivity index (χ3n) is 2.79. The zero-order valence-corrected chi connectivity index (χ0v) is 13.7. The van der Waals surface area contributed by atoms with Gasteiger partial charge < -0.3 is 11.1 Å². The summed E-state index contributed by atoms with van der Waals surface area (Å²) in [5, 5.41) is 4.85. The van der Waals surface area contributed by atoms with Crippen molar-refractivity contribution in [3.8, 4) is 0 Å². The summed E-state index contributed by atoms with van der Waals surface area (Å²) in [6.45, 7) is 0.461. The first kappa shape index (κ1) is 15.2. The van der Waals surface area contributed by atoms with E-state index in [1.54, 1.807) is 11.3 Å². The zero-order chi connectivity index (χ0) is 14.5. The van der Waals surface area contributed by atoms with Crippen LogP contribution in [-0.4, -0.2) is 10.9 Å². The molecule has 0 spiro atoms. The third kappa shape index (κ3) is 3.65. The van der Waals surface area contributed by atoms with Crippen LogP contribution in [0.5, 0.6) is 0 Å². The van der Waals surface area contributed by atoms with Gasteiger partial charge in [-0.1, -0.05) is 42.5 Å². The summed E-state index contributed by atoms with van der Waals surface area (Å²) in [6.07, 6.45) is 0. The van der Waals surface area contributed by atoms with E-state index in [4.69, 9.17) is 18.0 Å². The lowest BCUT2D eigenvalue weighted by atomic mass is 9.98. The first-order valence-electron chi connectivity index (χ1n) is 5.93. The quantitative estimate of drug-likeness (QED) is 0.796. The lowest BCUT2D eigenvalue weighted by molar-refractivity contribution is -0.121. The van der Waals surface area contributed by atoms with Gasteiger partial charge in [-0.15, -0.1) is 11.3 Å². The second-order valence-corrected chi connectivity index (χ2v) is 6.48. The van der Waals surface area contributed by atoms with Crippen molar-refractivity contribution in [3.63, 3.8) is 0 Å². The largest absolute Gasteiger partial charge is 0.392 e. The van der Waals surface area contributed by atoms with Crippen LogP contribution >= 0.6 is 39.5 Å². The van der Waals surface area contributed by atoms with Crippen LogP contribution in [0.3, 0.4) is 0 Å². The van der Waals surface area contributed by atoms with Crippen LogP contribution in [0, 0.1) is 0 Å². The van der Waals surface area contributed by atoms with Crippen molar-refractivity contribution in [1.82, 2.24) is 5.32 Å². The van der Waals surface area contributed by atoms with Crippen molar-refractivity contribution in [3.05, 3.63) is 56.7 Å². The summed E-state index contributed by atoms with van der Waals surface area (Å²) >= 11 is 10.0. The summed E-state index contributed by atoms with van der Waals surface area (Å²) in [4.78, 5) is 13.5. The highest BCUT2D eigenvalue weighted by Gasteiger charge is 2.23. The Balaban J connectivity index is 2.09. The Bertz CT molecular complexity index is 613. The van der Waals surface area contributed by atoms with Crippen LogP contribution < -0.4 is 11.1 Å². The minimum atomic E-state index is -0.593. The Morgan fingerprint density at radius 1 is 1.35 bits per heavy atom. The lowest BCUT2D eigenvalue weighted by Gasteiger charge is -2.15. The lowest BCUT2D eigenvalue weighted by Crippen LogP contribution is -2.35. The van der Waals surface area contributed by atoms with Crippen molar-refractivity contribution in [2.24, 2.45) is 5.73 Å². The number of nitrogens with two attached hydrogens (primary N) is 1. The maximum Gasteiger partial charge on any atom is 0.234 e. The molecule has 20 heavy (non-hydrogen) atoms. The van der Waals surface area contributed by atoms with Gasteiger partial charge in [-0.25, -0.2) is 0 Å². The highest BCUT2D eigenvalue weighted by Crippen LogP contribution is 2.23. The van der Waals surface area contributed by atoms with Gasteiger partial charge >= 0.3 is 0 Å². The van der Waals surface area contributed by atoms with Crippen molar-refractivity contribution >= 4 is 50.4 Å². The van der Waals surface area contributed by atoms with Gasteiger partial charge in [0.1, 0.15) is 5.92 Å². The molecule has 0 fully saturated rings. The molecule has 1 aromatic carbocycles. The first-order valence-corrected chi connectivity index (χ1v) is 8.01. The number of benzene rings is 1. The van der Waals surface area contributed by atoms with Crippen molar-refractivity contribution in [2.75, 3.05) is 0 Å². The van der Waals surface area contributed by atoms with Gasteiger partial charge in [-0.05, 0) is 32.9 Å². The maximum atomic E-state index is 12.3. The predicted molar refractivity (Wildman–Crippen MR) is 89.8 cm³/mol. The fourth-order valence-electron chi connectivity index (χ4n) is 1.81. The molecule has 104 valence electrons. The van der Waals surface area contributed by atoms with Gasteiger partial charge in [0, 0.05) is 9.35 Å². The second kappa shape index (κ2) is 6.97. The number of rotatable bonds is 5. The number of hydrogen-bond acceptors (Lipinski definition) is 3. The van der Waals surface area contributed by atoms with E-state index in [1.165, 1.54) is 0 Å². The molecule has 0 bridgehead atoms. The Morgan fingerprint density at radius 3 is 2.60 bits per heavy atom. The molecule has 0 saturated heterocycles. The molecule has 1 unspecified atom stereocenters. The third-order valence-corrected chi connectivity index (χ3v) is 4.96. The minimum absolute atomic E-state index is 0.177. The summed E-state index contributed by atoms with van der Waals surface area (Å²) < 4.78 is 0.995. The fraction of sp³-hybridized carbons (Fsp3) is 0.143. The molecular formula is C14H13BrN2OS2. The number of hydrogen-bond donors (Lipinski definition) is 2. The van der Waals surface area contributed by atoms with Crippen molar-refractivity contribution in [2.45, 2.75) is 12.5 Å². The van der Waals surface area contributed by atoms with E-state index in [2.05, 4.69) is 21.2 Å². The smallest absolute Gasteiger partial charge is 0.234 e. The van der Waals surface area contributed by atoms with Crippen LogP contribution in [0.1, 0.15) is 16.4 Å². The van der Waals surface area contributed by atoms with E-state index in [1.807, 2.05) is 41.8 Å². The van der Waals surface area contributed by atoms with E-state index in [0.717, 1.165) is 14.9 Å². The summed E-state index contributed by atoms with van der Waals surface area (Å²) in [6, 6.07) is 11.3. The number of thiocarbonyl (C=S) groups is 1. The second-order valence-electron chi connectivity index (χ2n) is 4.16. The first-order chi connectivity index (χ1) is 9.59. The SMILES string of the molecule is NC(=S)C(C(=O)NCc1sccc1Br)c1ccccc1. The van der Waals surface area contributed by atoms with Crippen molar-refractivity contribution in [1.29, 1.82) is 0 Å². The van der Waals surface area contributed by atoms with Crippen molar-refractivity contribution < 1.29 is 4.79 Å². The van der Waals surface area contributed by atoms with Crippen LogP contribution in [0.25, 0.3) is 0 Å². The van der Waals surface area contributed by atoms with Crippen LogP contribution in [-0.2, 0) is 11.3 Å². The summed E-state index contributed by atoms with van der Waals surface area (Å²) in [5.41, 5.74) is 6.52. The molecule has 1 atom stereocenters. The van der Waals surface area contributed by atoms with E-state index in [-0.39, 0.29) is 10.9 Å². The molecule has 1 heterocycles. The number of carbonyl (C=O) groups excluding carboxylic acids is 1. The molecule has 3 nitrogen and oxygen atoms in total. The summed E-state index contributed by atoms with van der Waals surface area (Å²) in [5.74, 6) is -0.770. The molecular weight excluding hydrogens is 356 g/mol. The number of amides is 1. The monoisotopic (exact) mass is 368 g/mol. The van der Waals surface area contributed by atoms with Gasteiger partial charge in [0.2, 0.25) is 5.91 Å². The molecule has 6 heteroatoms. The molecule has 2 rings (SSSR count). The number of nitrogens with one attached hydrogen (secondary N) is 1. The van der Waals surface area contributed by atoms with Gasteiger partial charge in [0.25, 0.3) is 0 Å². The van der Waals surface area contributed by atoms with Crippen LogP contribution in [0.15, 0.2) is 46.3 Å². The molecule has 0 aliphatic heterocycles. The van der Waals surface area contributed by atoms with Crippen LogP contribution in [0.2, 0.25) is 0 Å². The Labute approximate surface area is 135 Å².